The Labute approximate surface area is 136 Å². The molecule has 1 aromatic carbocycles. The molecule has 0 aliphatic heterocycles. The first-order valence-electron chi connectivity index (χ1n) is 6.61. The van der Waals surface area contributed by atoms with Crippen LogP contribution in [0, 0.1) is 19.7 Å². The minimum atomic E-state index is -0.600. The number of amides is 2. The summed E-state index contributed by atoms with van der Waals surface area (Å²) in [5.74, 6) is -0.415. The van der Waals surface area contributed by atoms with Gasteiger partial charge in [-0.2, -0.15) is 0 Å². The molecule has 0 fully saturated rings. The lowest BCUT2D eigenvalue weighted by molar-refractivity contribution is -0.123. The number of hydrogen-bond acceptors (Lipinski definition) is 4. The number of nitrogens with one attached hydrogen (secondary N) is 2. The summed E-state index contributed by atoms with van der Waals surface area (Å²) in [5, 5.41) is 0.0475. The molecule has 0 bridgehead atoms. The quantitative estimate of drug-likeness (QED) is 0.838. The van der Waals surface area contributed by atoms with E-state index in [2.05, 4.69) is 10.9 Å². The first-order chi connectivity index (χ1) is 10.9. The summed E-state index contributed by atoms with van der Waals surface area (Å²) in [7, 11) is 0. The third-order valence-electron chi connectivity index (χ3n) is 2.85. The van der Waals surface area contributed by atoms with Crippen LogP contribution >= 0.6 is 11.6 Å². The van der Waals surface area contributed by atoms with Crippen LogP contribution in [-0.2, 0) is 4.79 Å². The fraction of sp³-hybridized carbons (Fsp3) is 0.200. The Hall–Kier alpha value is -2.54. The zero-order valence-corrected chi connectivity index (χ0v) is 13.2. The Morgan fingerprint density at radius 2 is 2.00 bits per heavy atom. The lowest BCUT2D eigenvalue weighted by Gasteiger charge is -2.09. The number of halogens is 2. The number of carbonyl (C=O) groups excluding carboxylic acids is 2. The van der Waals surface area contributed by atoms with E-state index in [1.807, 2.05) is 0 Å². The van der Waals surface area contributed by atoms with Crippen LogP contribution in [0.4, 0.5) is 4.39 Å². The molecule has 0 radical (unpaired) electrons. The number of ether oxygens (including phenoxy) is 1. The van der Waals surface area contributed by atoms with Crippen LogP contribution in [0.25, 0.3) is 0 Å². The Balaban J connectivity index is 1.83. The largest absolute Gasteiger partial charge is 0.482 e. The highest BCUT2D eigenvalue weighted by Gasteiger charge is 2.14. The molecule has 0 saturated carbocycles. The minimum Gasteiger partial charge on any atom is -0.482 e. The average Bonchev–Trinajstić information content (AvgIpc) is 2.82. The highest BCUT2D eigenvalue weighted by Crippen LogP contribution is 2.24. The molecule has 23 heavy (non-hydrogen) atoms. The summed E-state index contributed by atoms with van der Waals surface area (Å²) >= 11 is 5.76. The summed E-state index contributed by atoms with van der Waals surface area (Å²) in [6.07, 6.45) is 0. The molecule has 0 saturated heterocycles. The first-order valence-corrected chi connectivity index (χ1v) is 6.98. The van der Waals surface area contributed by atoms with Crippen LogP contribution in [0.1, 0.15) is 21.9 Å². The lowest BCUT2D eigenvalue weighted by Crippen LogP contribution is -2.43. The van der Waals surface area contributed by atoms with Gasteiger partial charge in [0.05, 0.1) is 10.6 Å². The van der Waals surface area contributed by atoms with Crippen LogP contribution in [0.15, 0.2) is 28.7 Å². The van der Waals surface area contributed by atoms with Gasteiger partial charge in [0.15, 0.2) is 6.61 Å². The maximum Gasteiger partial charge on any atom is 0.276 e. The highest BCUT2D eigenvalue weighted by molar-refractivity contribution is 6.32. The third-order valence-corrected chi connectivity index (χ3v) is 3.15. The summed E-state index contributed by atoms with van der Waals surface area (Å²) in [5.41, 5.74) is 4.76. The zero-order valence-electron chi connectivity index (χ0n) is 12.4. The fourth-order valence-electron chi connectivity index (χ4n) is 1.82. The predicted molar refractivity (Wildman–Crippen MR) is 80.7 cm³/mol. The van der Waals surface area contributed by atoms with E-state index in [1.54, 1.807) is 19.9 Å². The summed E-state index contributed by atoms with van der Waals surface area (Å²) in [6, 6.07) is 5.10. The second kappa shape index (κ2) is 7.15. The van der Waals surface area contributed by atoms with Gasteiger partial charge in [-0.1, -0.05) is 11.6 Å². The van der Waals surface area contributed by atoms with Crippen molar-refractivity contribution in [2.45, 2.75) is 13.8 Å². The van der Waals surface area contributed by atoms with E-state index in [9.17, 15) is 14.0 Å². The summed E-state index contributed by atoms with van der Waals surface area (Å²) in [4.78, 5) is 23.5. The normalized spacial score (nSPS) is 10.3. The number of rotatable bonds is 4. The minimum absolute atomic E-state index is 0.0475. The van der Waals surface area contributed by atoms with Crippen molar-refractivity contribution in [1.29, 1.82) is 0 Å². The van der Waals surface area contributed by atoms with Crippen molar-refractivity contribution >= 4 is 23.4 Å². The number of hydrazine groups is 1. The molecule has 1 aromatic heterocycles. The van der Waals surface area contributed by atoms with E-state index in [4.69, 9.17) is 20.8 Å². The molecule has 0 aliphatic rings. The Kier molecular flexibility index (Phi) is 5.23. The van der Waals surface area contributed by atoms with Gasteiger partial charge < -0.3 is 9.15 Å². The third kappa shape index (κ3) is 4.46. The second-order valence-electron chi connectivity index (χ2n) is 4.69. The number of benzene rings is 1. The SMILES string of the molecule is Cc1cc(C(=O)NNC(=O)COc2ccc(F)cc2Cl)c(C)o1. The smallest absolute Gasteiger partial charge is 0.276 e. The Bertz CT molecular complexity index is 745. The van der Waals surface area contributed by atoms with Gasteiger partial charge in [0.25, 0.3) is 11.8 Å². The van der Waals surface area contributed by atoms with E-state index < -0.39 is 24.2 Å². The summed E-state index contributed by atoms with van der Waals surface area (Å²) in [6.45, 7) is 2.96. The fourth-order valence-corrected chi connectivity index (χ4v) is 2.04. The molecule has 122 valence electrons. The molecule has 0 aliphatic carbocycles. The van der Waals surface area contributed by atoms with Crippen molar-refractivity contribution in [2.24, 2.45) is 0 Å². The van der Waals surface area contributed by atoms with E-state index in [-0.39, 0.29) is 10.8 Å². The average molecular weight is 341 g/mol. The van der Waals surface area contributed by atoms with Gasteiger partial charge in [-0.3, -0.25) is 20.4 Å². The molecule has 0 atom stereocenters. The van der Waals surface area contributed by atoms with Gasteiger partial charge in [-0.15, -0.1) is 0 Å². The molecule has 2 N–H and O–H groups in total. The maximum absolute atomic E-state index is 12.9. The summed E-state index contributed by atoms with van der Waals surface area (Å²) < 4.78 is 23.2. The van der Waals surface area contributed by atoms with Crippen LogP contribution in [0.5, 0.6) is 5.75 Å². The molecular formula is C15H14ClFN2O4. The lowest BCUT2D eigenvalue weighted by atomic mass is 10.2. The van der Waals surface area contributed by atoms with Gasteiger partial charge >= 0.3 is 0 Å². The number of furan rings is 1. The molecule has 2 aromatic rings. The van der Waals surface area contributed by atoms with Gasteiger partial charge in [0, 0.05) is 0 Å². The van der Waals surface area contributed by atoms with E-state index >= 15 is 0 Å². The zero-order chi connectivity index (χ0) is 17.0. The number of carbonyl (C=O) groups is 2. The van der Waals surface area contributed by atoms with Crippen molar-refractivity contribution in [3.05, 3.63) is 52.2 Å². The van der Waals surface area contributed by atoms with Crippen molar-refractivity contribution in [3.8, 4) is 5.75 Å². The molecule has 0 unspecified atom stereocenters. The Morgan fingerprint density at radius 1 is 1.26 bits per heavy atom. The molecule has 2 amide bonds. The van der Waals surface area contributed by atoms with Crippen molar-refractivity contribution < 1.29 is 23.1 Å². The van der Waals surface area contributed by atoms with Crippen LogP contribution < -0.4 is 15.6 Å². The van der Waals surface area contributed by atoms with E-state index in [0.717, 1.165) is 12.1 Å². The maximum atomic E-state index is 12.9. The molecule has 0 spiro atoms. The van der Waals surface area contributed by atoms with Crippen molar-refractivity contribution in [3.63, 3.8) is 0 Å². The molecule has 2 rings (SSSR count). The number of aryl methyl sites for hydroxylation is 2. The predicted octanol–water partition coefficient (Wildman–Crippen LogP) is 2.53. The van der Waals surface area contributed by atoms with E-state index in [1.165, 1.54) is 6.07 Å². The van der Waals surface area contributed by atoms with Crippen molar-refractivity contribution in [2.75, 3.05) is 6.61 Å². The molecule has 1 heterocycles. The standard InChI is InChI=1S/C15H14ClFN2O4/c1-8-5-11(9(2)23-8)15(21)19-18-14(20)7-22-13-4-3-10(17)6-12(13)16/h3-6H,7H2,1-2H3,(H,18,20)(H,19,21). The van der Waals surface area contributed by atoms with Crippen LogP contribution in [-0.4, -0.2) is 18.4 Å². The topological polar surface area (TPSA) is 80.6 Å². The molecular weight excluding hydrogens is 327 g/mol. The molecule has 8 heteroatoms. The van der Waals surface area contributed by atoms with Gasteiger partial charge in [0.2, 0.25) is 0 Å². The monoisotopic (exact) mass is 340 g/mol. The number of hydrogen-bond donors (Lipinski definition) is 2. The molecule has 6 nitrogen and oxygen atoms in total. The van der Waals surface area contributed by atoms with E-state index in [0.29, 0.717) is 17.1 Å². The second-order valence-corrected chi connectivity index (χ2v) is 5.10. The van der Waals surface area contributed by atoms with Gasteiger partial charge in [0.1, 0.15) is 23.1 Å². The first kappa shape index (κ1) is 16.8. The van der Waals surface area contributed by atoms with Crippen LogP contribution in [0.2, 0.25) is 5.02 Å². The van der Waals surface area contributed by atoms with Gasteiger partial charge in [-0.05, 0) is 38.1 Å². The van der Waals surface area contributed by atoms with Crippen molar-refractivity contribution in [1.82, 2.24) is 10.9 Å². The van der Waals surface area contributed by atoms with Crippen LogP contribution in [0.3, 0.4) is 0 Å². The van der Waals surface area contributed by atoms with Gasteiger partial charge in [-0.25, -0.2) is 4.39 Å². The Morgan fingerprint density at radius 3 is 2.61 bits per heavy atom. The highest BCUT2D eigenvalue weighted by atomic mass is 35.5.